The van der Waals surface area contributed by atoms with Crippen molar-refractivity contribution in [3.05, 3.63) is 60.4 Å². The smallest absolute Gasteiger partial charge is 0.328 e. The molecule has 0 saturated carbocycles. The number of cyclic esters (lactones) is 1. The van der Waals surface area contributed by atoms with Gasteiger partial charge in [0.1, 0.15) is 20.3 Å². The zero-order valence-corrected chi connectivity index (χ0v) is 24.2. The van der Waals surface area contributed by atoms with Crippen molar-refractivity contribution >= 4 is 22.4 Å². The van der Waals surface area contributed by atoms with E-state index in [0.29, 0.717) is 6.61 Å². The van der Waals surface area contributed by atoms with Gasteiger partial charge < -0.3 is 18.6 Å². The summed E-state index contributed by atoms with van der Waals surface area (Å²) < 4.78 is 25.6. The number of esters is 1. The summed E-state index contributed by atoms with van der Waals surface area (Å²) in [6.45, 7) is 17.9. The van der Waals surface area contributed by atoms with Crippen LogP contribution >= 0.6 is 0 Å². The van der Waals surface area contributed by atoms with E-state index < -0.39 is 39.6 Å². The van der Waals surface area contributed by atoms with Gasteiger partial charge in [-0.2, -0.15) is 0 Å². The van der Waals surface area contributed by atoms with Crippen molar-refractivity contribution in [2.24, 2.45) is 5.41 Å². The van der Waals surface area contributed by atoms with Gasteiger partial charge in [-0.25, -0.2) is 0 Å². The van der Waals surface area contributed by atoms with Gasteiger partial charge >= 0.3 is 5.97 Å². The molecule has 1 aromatic carbocycles. The Bertz CT molecular complexity index is 1090. The largest absolute Gasteiger partial charge is 0.434 e. The minimum atomic E-state index is -2.31. The van der Waals surface area contributed by atoms with Crippen LogP contribution in [0.5, 0.6) is 0 Å². The van der Waals surface area contributed by atoms with E-state index in [1.54, 1.807) is 0 Å². The molecule has 0 amide bonds. The van der Waals surface area contributed by atoms with Crippen molar-refractivity contribution in [2.75, 3.05) is 0 Å². The maximum absolute atomic E-state index is 13.5. The quantitative estimate of drug-likeness (QED) is 0.223. The van der Waals surface area contributed by atoms with E-state index in [2.05, 4.69) is 65.0 Å². The summed E-state index contributed by atoms with van der Waals surface area (Å²) in [5.74, 6) is 3.04. The van der Waals surface area contributed by atoms with Crippen molar-refractivity contribution in [1.29, 1.82) is 0 Å². The highest BCUT2D eigenvalue weighted by molar-refractivity contribution is 6.83. The molecule has 1 fully saturated rings. The van der Waals surface area contributed by atoms with Gasteiger partial charge in [0.15, 0.2) is 19.3 Å². The van der Waals surface area contributed by atoms with Crippen LogP contribution in [-0.4, -0.2) is 46.3 Å². The van der Waals surface area contributed by atoms with Gasteiger partial charge in [0.05, 0.1) is 19.0 Å². The van der Waals surface area contributed by atoms with E-state index >= 15 is 0 Å². The molecule has 1 saturated heterocycles. The maximum Gasteiger partial charge on any atom is 0.328 e. The zero-order chi connectivity index (χ0) is 25.7. The van der Waals surface area contributed by atoms with Crippen LogP contribution in [-0.2, 0) is 30.0 Å². The molecule has 5 unspecified atom stereocenters. The first-order valence-corrected chi connectivity index (χ1v) is 18.8. The van der Waals surface area contributed by atoms with Crippen LogP contribution in [0.2, 0.25) is 37.8 Å². The van der Waals surface area contributed by atoms with Crippen molar-refractivity contribution in [2.45, 2.75) is 89.1 Å². The number of hydrogen-bond donors (Lipinski definition) is 0. The maximum atomic E-state index is 13.5. The summed E-state index contributed by atoms with van der Waals surface area (Å²) in [6, 6.07) is 10.1. The fraction of sp³-hybridized carbons (Fsp3) is 0.536. The molecule has 1 aromatic rings. The number of carbonyl (C=O) groups excluding carboxylic acids is 1. The summed E-state index contributed by atoms with van der Waals surface area (Å²) in [5.41, 5.74) is 2.20. The average Bonchev–Trinajstić information content (AvgIpc) is 3.25. The van der Waals surface area contributed by atoms with Crippen LogP contribution in [0.15, 0.2) is 54.8 Å². The third kappa shape index (κ3) is 4.63. The summed E-state index contributed by atoms with van der Waals surface area (Å²) in [5, 5.41) is -0.0535. The normalized spacial score (nSPS) is 32.0. The summed E-state index contributed by atoms with van der Waals surface area (Å²) in [4.78, 5) is 13.5. The minimum absolute atomic E-state index is 0.0535. The number of rotatable bonds is 5. The Morgan fingerprint density at radius 1 is 1.06 bits per heavy atom. The van der Waals surface area contributed by atoms with Gasteiger partial charge in [0, 0.05) is 0 Å². The van der Waals surface area contributed by atoms with Crippen LogP contribution < -0.4 is 0 Å². The molecule has 5 atom stereocenters. The Hall–Kier alpha value is -1.96. The third-order valence-corrected chi connectivity index (χ3v) is 12.8. The Morgan fingerprint density at radius 3 is 2.31 bits per heavy atom. The summed E-state index contributed by atoms with van der Waals surface area (Å²) in [7, 11) is -4.07. The Morgan fingerprint density at radius 2 is 1.74 bits per heavy atom. The minimum Gasteiger partial charge on any atom is -0.434 e. The predicted octanol–water partition coefficient (Wildman–Crippen LogP) is 5.61. The molecule has 4 rings (SSSR count). The summed E-state index contributed by atoms with van der Waals surface area (Å²) >= 11 is 0. The molecular formula is C28H38O5Si2. The highest BCUT2D eigenvalue weighted by Gasteiger charge is 2.73. The van der Waals surface area contributed by atoms with Crippen LogP contribution in [0.25, 0.3) is 0 Å². The standard InChI is InChI=1S/C28H38O5Si2/c1-26(2,3)35(7,8)33-24-23-22(31-20-21-12-10-9-11-13-21)14-15-27(32-23,17-19-34(4,5)6)28(24)16-18-30-25(28)29/h9-16,18,22-24H,20H2,1-8H3. The van der Waals surface area contributed by atoms with Gasteiger partial charge in [-0.1, -0.05) is 82.7 Å². The highest BCUT2D eigenvalue weighted by atomic mass is 28.4. The SMILES string of the molecule is CC(C)(C)[Si](C)(C)OC1C2OC(C#C[Si](C)(C)C)(C=CC2OCc2ccccc2)C12C=COC2=O. The van der Waals surface area contributed by atoms with Crippen LogP contribution in [0, 0.1) is 16.9 Å². The molecular weight excluding hydrogens is 472 g/mol. The number of carbonyl (C=O) groups is 1. The fourth-order valence-corrected chi connectivity index (χ4v) is 6.35. The van der Waals surface area contributed by atoms with Gasteiger partial charge in [0.25, 0.3) is 0 Å². The first kappa shape index (κ1) is 26.1. The zero-order valence-electron chi connectivity index (χ0n) is 22.2. The van der Waals surface area contributed by atoms with Crippen molar-refractivity contribution in [3.63, 3.8) is 0 Å². The molecule has 0 radical (unpaired) electrons. The van der Waals surface area contributed by atoms with Crippen LogP contribution in [0.4, 0.5) is 0 Å². The van der Waals surface area contributed by atoms with Crippen molar-refractivity contribution in [1.82, 2.24) is 0 Å². The number of hydrogen-bond acceptors (Lipinski definition) is 5. The van der Waals surface area contributed by atoms with Crippen LogP contribution in [0.3, 0.4) is 0 Å². The molecule has 35 heavy (non-hydrogen) atoms. The summed E-state index contributed by atoms with van der Waals surface area (Å²) in [6.07, 6.45) is 5.75. The lowest BCUT2D eigenvalue weighted by Crippen LogP contribution is -2.56. The molecule has 3 heterocycles. The Kier molecular flexibility index (Phi) is 6.61. The second-order valence-electron chi connectivity index (χ2n) is 12.3. The molecule has 3 aliphatic heterocycles. The van der Waals surface area contributed by atoms with E-state index in [-0.39, 0.29) is 17.1 Å². The van der Waals surface area contributed by atoms with Gasteiger partial charge in [-0.3, -0.25) is 4.79 Å². The number of benzene rings is 1. The van der Waals surface area contributed by atoms with E-state index in [0.717, 1.165) is 5.56 Å². The number of fused-ring (bicyclic) bond motifs is 3. The highest BCUT2D eigenvalue weighted by Crippen LogP contribution is 2.57. The molecule has 3 aliphatic rings. The second kappa shape index (κ2) is 8.86. The predicted molar refractivity (Wildman–Crippen MR) is 143 cm³/mol. The molecule has 7 heteroatoms. The van der Waals surface area contributed by atoms with Gasteiger partial charge in [-0.15, -0.1) is 5.54 Å². The van der Waals surface area contributed by atoms with E-state index in [1.165, 1.54) is 6.26 Å². The molecule has 188 valence electrons. The van der Waals surface area contributed by atoms with Gasteiger partial charge in [-0.05, 0) is 35.8 Å². The molecule has 0 aliphatic carbocycles. The lowest BCUT2D eigenvalue weighted by Gasteiger charge is -2.43. The monoisotopic (exact) mass is 510 g/mol. The molecule has 2 bridgehead atoms. The van der Waals surface area contributed by atoms with E-state index in [9.17, 15) is 4.79 Å². The van der Waals surface area contributed by atoms with Crippen molar-refractivity contribution < 1.29 is 23.4 Å². The van der Waals surface area contributed by atoms with Crippen molar-refractivity contribution in [3.8, 4) is 11.5 Å². The lowest BCUT2D eigenvalue weighted by atomic mass is 9.70. The molecule has 1 spiro atoms. The Labute approximate surface area is 212 Å². The van der Waals surface area contributed by atoms with E-state index in [1.807, 2.05) is 48.6 Å². The molecule has 0 aromatic heterocycles. The Balaban J connectivity index is 1.79. The third-order valence-electron chi connectivity index (χ3n) is 7.51. The first-order chi connectivity index (χ1) is 16.2. The van der Waals surface area contributed by atoms with E-state index in [4.69, 9.17) is 18.6 Å². The molecule has 0 N–H and O–H groups in total. The number of ether oxygens (including phenoxy) is 3. The second-order valence-corrected chi connectivity index (χ2v) is 21.8. The lowest BCUT2D eigenvalue weighted by molar-refractivity contribution is -0.150. The van der Waals surface area contributed by atoms with Gasteiger partial charge in [0.2, 0.25) is 0 Å². The average molecular weight is 511 g/mol. The first-order valence-electron chi connectivity index (χ1n) is 12.3. The van der Waals surface area contributed by atoms with Crippen LogP contribution in [0.1, 0.15) is 26.3 Å². The molecule has 5 nitrogen and oxygen atoms in total. The topological polar surface area (TPSA) is 54.0 Å². The fourth-order valence-electron chi connectivity index (χ4n) is 4.48.